The van der Waals surface area contributed by atoms with Gasteiger partial charge in [-0.05, 0) is 41.0 Å². The number of halogens is 3. The number of benzene rings is 3. The molecule has 0 spiro atoms. The molecular formula is C29H28Cl2FN5O3. The van der Waals surface area contributed by atoms with E-state index < -0.39 is 18.2 Å². The van der Waals surface area contributed by atoms with E-state index in [0.717, 1.165) is 16.7 Å². The van der Waals surface area contributed by atoms with E-state index in [-0.39, 0.29) is 43.8 Å². The van der Waals surface area contributed by atoms with Crippen LogP contribution in [0.3, 0.4) is 0 Å². The van der Waals surface area contributed by atoms with Crippen molar-refractivity contribution in [1.82, 2.24) is 25.1 Å². The summed E-state index contributed by atoms with van der Waals surface area (Å²) in [6.45, 7) is 0.439. The van der Waals surface area contributed by atoms with Crippen molar-refractivity contribution in [3.8, 4) is 0 Å². The molecule has 0 aromatic heterocycles. The molecule has 0 radical (unpaired) electrons. The zero-order valence-corrected chi connectivity index (χ0v) is 23.3. The quantitative estimate of drug-likeness (QED) is 0.469. The van der Waals surface area contributed by atoms with Crippen LogP contribution in [0.4, 0.5) is 9.18 Å². The van der Waals surface area contributed by atoms with Crippen LogP contribution in [0.25, 0.3) is 0 Å². The second-order valence-electron chi connectivity index (χ2n) is 9.90. The van der Waals surface area contributed by atoms with Crippen LogP contribution in [-0.2, 0) is 29.1 Å². The number of rotatable bonds is 6. The number of nitrogens with one attached hydrogen (secondary N) is 1. The molecule has 1 N–H and O–H groups in total. The van der Waals surface area contributed by atoms with Crippen molar-refractivity contribution in [1.29, 1.82) is 0 Å². The van der Waals surface area contributed by atoms with Crippen LogP contribution in [0, 0.1) is 5.82 Å². The van der Waals surface area contributed by atoms with E-state index in [9.17, 15) is 18.8 Å². The van der Waals surface area contributed by atoms with Crippen LogP contribution >= 0.6 is 23.2 Å². The molecule has 8 nitrogen and oxygen atoms in total. The number of carbonyl (C=O) groups excluding carboxylic acids is 3. The van der Waals surface area contributed by atoms with Gasteiger partial charge in [0, 0.05) is 26.6 Å². The fourth-order valence-corrected chi connectivity index (χ4v) is 5.52. The smallest absolute Gasteiger partial charge is 0.333 e. The van der Waals surface area contributed by atoms with Crippen molar-refractivity contribution in [2.75, 3.05) is 20.1 Å². The Labute approximate surface area is 241 Å². The minimum absolute atomic E-state index is 0.0637. The SMILES string of the molecule is CN1CC(=O)N2[C@@H](Cc3ccccc3)C(=O)N(Cc3ccc(Cl)c(Cl)c3)C[C@@H]2N1C(=O)NCc1ccc(F)cc1. The van der Waals surface area contributed by atoms with Crippen molar-refractivity contribution >= 4 is 41.0 Å². The van der Waals surface area contributed by atoms with Crippen LogP contribution in [0.15, 0.2) is 72.8 Å². The van der Waals surface area contributed by atoms with Gasteiger partial charge in [-0.3, -0.25) is 9.59 Å². The van der Waals surface area contributed by atoms with Crippen LogP contribution < -0.4 is 5.32 Å². The Kier molecular flexibility index (Phi) is 8.25. The Balaban J connectivity index is 1.45. The minimum Gasteiger partial charge on any atom is -0.333 e. The molecule has 2 heterocycles. The highest BCUT2D eigenvalue weighted by molar-refractivity contribution is 6.42. The van der Waals surface area contributed by atoms with Gasteiger partial charge in [-0.2, -0.15) is 0 Å². The highest BCUT2D eigenvalue weighted by Crippen LogP contribution is 2.30. The van der Waals surface area contributed by atoms with Crippen molar-refractivity contribution in [2.24, 2.45) is 0 Å². The third-order valence-corrected chi connectivity index (χ3v) is 7.87. The Morgan fingerprint density at radius 3 is 2.35 bits per heavy atom. The lowest BCUT2D eigenvalue weighted by Crippen LogP contribution is -2.76. The fourth-order valence-electron chi connectivity index (χ4n) is 5.20. The summed E-state index contributed by atoms with van der Waals surface area (Å²) in [5.74, 6) is -0.812. The Morgan fingerprint density at radius 2 is 1.65 bits per heavy atom. The van der Waals surface area contributed by atoms with Crippen molar-refractivity contribution < 1.29 is 18.8 Å². The molecule has 0 bridgehead atoms. The van der Waals surface area contributed by atoms with E-state index in [1.807, 2.05) is 30.3 Å². The number of likely N-dealkylation sites (N-methyl/N-ethyl adjacent to an activating group) is 1. The molecule has 0 unspecified atom stereocenters. The average Bonchev–Trinajstić information content (AvgIpc) is 2.93. The Bertz CT molecular complexity index is 1410. The van der Waals surface area contributed by atoms with Gasteiger partial charge in [-0.25, -0.2) is 19.2 Å². The number of nitrogens with zero attached hydrogens (tertiary/aromatic N) is 4. The van der Waals surface area contributed by atoms with Crippen molar-refractivity contribution in [2.45, 2.75) is 31.7 Å². The van der Waals surface area contributed by atoms with E-state index in [0.29, 0.717) is 16.5 Å². The highest BCUT2D eigenvalue weighted by Gasteiger charge is 2.50. The van der Waals surface area contributed by atoms with Gasteiger partial charge in [-0.15, -0.1) is 0 Å². The summed E-state index contributed by atoms with van der Waals surface area (Å²) in [5, 5.41) is 6.70. The van der Waals surface area contributed by atoms with Crippen LogP contribution in [0.5, 0.6) is 0 Å². The van der Waals surface area contributed by atoms with E-state index >= 15 is 0 Å². The van der Waals surface area contributed by atoms with Gasteiger partial charge in [0.1, 0.15) is 18.0 Å². The van der Waals surface area contributed by atoms with Gasteiger partial charge >= 0.3 is 6.03 Å². The molecule has 3 aromatic rings. The van der Waals surface area contributed by atoms with Crippen LogP contribution in [0.1, 0.15) is 16.7 Å². The van der Waals surface area contributed by atoms with Gasteiger partial charge in [0.05, 0.1) is 23.1 Å². The summed E-state index contributed by atoms with van der Waals surface area (Å²) in [6, 6.07) is 19.3. The summed E-state index contributed by atoms with van der Waals surface area (Å²) < 4.78 is 13.3. The van der Waals surface area contributed by atoms with Crippen molar-refractivity contribution in [3.05, 3.63) is 105 Å². The largest absolute Gasteiger partial charge is 0.334 e. The Hall–Kier alpha value is -3.66. The fraction of sp³-hybridized carbons (Fsp3) is 0.276. The number of hydrogen-bond donors (Lipinski definition) is 1. The summed E-state index contributed by atoms with van der Waals surface area (Å²) in [4.78, 5) is 44.0. The molecule has 0 aliphatic carbocycles. The van der Waals surface area contributed by atoms with Gasteiger partial charge in [0.25, 0.3) is 0 Å². The van der Waals surface area contributed by atoms with Gasteiger partial charge < -0.3 is 15.1 Å². The average molecular weight is 584 g/mol. The Morgan fingerprint density at radius 1 is 0.950 bits per heavy atom. The van der Waals surface area contributed by atoms with Gasteiger partial charge in [0.2, 0.25) is 11.8 Å². The molecule has 208 valence electrons. The summed E-state index contributed by atoms with van der Waals surface area (Å²) in [5.41, 5.74) is 2.40. The molecule has 11 heteroatoms. The number of piperazine rings is 1. The second kappa shape index (κ2) is 11.8. The third-order valence-electron chi connectivity index (χ3n) is 7.13. The summed E-state index contributed by atoms with van der Waals surface area (Å²) in [7, 11) is 1.67. The van der Waals surface area contributed by atoms with Crippen LogP contribution in [0.2, 0.25) is 10.0 Å². The number of hydrazine groups is 1. The lowest BCUT2D eigenvalue weighted by molar-refractivity contribution is -0.187. The van der Waals surface area contributed by atoms with E-state index in [4.69, 9.17) is 23.2 Å². The molecule has 4 amide bonds. The first-order chi connectivity index (χ1) is 19.2. The lowest BCUT2D eigenvalue weighted by Gasteiger charge is -2.54. The first kappa shape index (κ1) is 27.9. The molecule has 3 aromatic carbocycles. The number of urea groups is 1. The molecule has 0 saturated carbocycles. The summed E-state index contributed by atoms with van der Waals surface area (Å²) >= 11 is 12.3. The molecule has 2 fully saturated rings. The predicted molar refractivity (Wildman–Crippen MR) is 150 cm³/mol. The second-order valence-corrected chi connectivity index (χ2v) is 10.7. The molecule has 2 aliphatic heterocycles. The number of hydrogen-bond acceptors (Lipinski definition) is 4. The summed E-state index contributed by atoms with van der Waals surface area (Å²) in [6.07, 6.45) is -0.442. The highest BCUT2D eigenvalue weighted by atomic mass is 35.5. The maximum absolute atomic E-state index is 13.9. The normalized spacial score (nSPS) is 19.6. The topological polar surface area (TPSA) is 76.2 Å². The van der Waals surface area contributed by atoms with Gasteiger partial charge in [-0.1, -0.05) is 71.7 Å². The standard InChI is InChI=1S/C29H28Cl2FN5O3/c1-34-18-27(38)36-25(14-19-5-3-2-4-6-19)28(39)35(16-21-9-12-23(30)24(31)13-21)17-26(36)37(34)29(40)33-15-20-7-10-22(32)11-8-20/h2-13,25-26H,14-18H2,1H3,(H,33,40)/t25-,26-/m0/s1. The number of amides is 4. The molecule has 2 saturated heterocycles. The predicted octanol–water partition coefficient (Wildman–Crippen LogP) is 4.31. The zero-order chi connectivity index (χ0) is 28.4. The van der Waals surface area contributed by atoms with Crippen LogP contribution in [-0.4, -0.2) is 70.0 Å². The van der Waals surface area contributed by atoms with Crippen molar-refractivity contribution in [3.63, 3.8) is 0 Å². The molecule has 2 aliphatic rings. The number of carbonyl (C=O) groups is 3. The van der Waals surface area contributed by atoms with Gasteiger partial charge in [0.15, 0.2) is 0 Å². The molecule has 5 rings (SSSR count). The third kappa shape index (κ3) is 5.91. The maximum Gasteiger partial charge on any atom is 0.334 e. The minimum atomic E-state index is -0.808. The monoisotopic (exact) mass is 583 g/mol. The van der Waals surface area contributed by atoms with E-state index in [1.54, 1.807) is 47.3 Å². The lowest BCUT2D eigenvalue weighted by atomic mass is 9.98. The maximum atomic E-state index is 13.9. The van der Waals surface area contributed by atoms with E-state index in [1.165, 1.54) is 22.0 Å². The number of fused-ring (bicyclic) bond motifs is 1. The first-order valence-electron chi connectivity index (χ1n) is 12.8. The first-order valence-corrected chi connectivity index (χ1v) is 13.6. The van der Waals surface area contributed by atoms with E-state index in [2.05, 4.69) is 5.32 Å². The molecular weight excluding hydrogens is 556 g/mol. The zero-order valence-electron chi connectivity index (χ0n) is 21.8. The molecule has 2 atom stereocenters. The molecule has 40 heavy (non-hydrogen) atoms.